The van der Waals surface area contributed by atoms with Crippen molar-refractivity contribution in [3.8, 4) is 11.8 Å². The highest BCUT2D eigenvalue weighted by Crippen LogP contribution is 2.13. The van der Waals surface area contributed by atoms with Crippen molar-refractivity contribution in [2.45, 2.75) is 26.2 Å². The van der Waals surface area contributed by atoms with Crippen molar-refractivity contribution in [1.29, 1.82) is 0 Å². The predicted molar refractivity (Wildman–Crippen MR) is 64.3 cm³/mol. The van der Waals surface area contributed by atoms with E-state index in [1.165, 1.54) is 0 Å². The van der Waals surface area contributed by atoms with Gasteiger partial charge in [-0.2, -0.15) is 0 Å². The number of hydrogen-bond acceptors (Lipinski definition) is 1. The van der Waals surface area contributed by atoms with E-state index in [0.29, 0.717) is 11.3 Å². The van der Waals surface area contributed by atoms with E-state index in [-0.39, 0.29) is 5.78 Å². The molecule has 0 aromatic heterocycles. The van der Waals surface area contributed by atoms with Gasteiger partial charge in [-0.3, -0.25) is 4.79 Å². The second-order valence-corrected chi connectivity index (χ2v) is 3.40. The summed E-state index contributed by atoms with van der Waals surface area (Å²) in [5.74, 6) is 5.23. The molecule has 0 unspecified atom stereocenters. The van der Waals surface area contributed by atoms with Gasteiger partial charge in [0.1, 0.15) is 0 Å². The lowest BCUT2D eigenvalue weighted by Crippen LogP contribution is -1.93. The smallest absolute Gasteiger partial charge is 0.234 e. The summed E-state index contributed by atoms with van der Waals surface area (Å²) < 4.78 is 0. The maximum atomic E-state index is 11.6. The van der Waals surface area contributed by atoms with E-state index >= 15 is 0 Å². The zero-order chi connectivity index (χ0) is 11.8. The first-order valence-corrected chi connectivity index (χ1v) is 5.28. The lowest BCUT2D eigenvalue weighted by atomic mass is 10.1. The van der Waals surface area contributed by atoms with E-state index in [1.807, 2.05) is 0 Å². The first-order valence-electron chi connectivity index (χ1n) is 5.28. The zero-order valence-corrected chi connectivity index (χ0v) is 9.29. The van der Waals surface area contributed by atoms with Crippen molar-refractivity contribution >= 4 is 11.5 Å². The number of Topliss-reactive ketones (excluding diaryl/α,β-unsaturated/α-hetero) is 1. The minimum atomic E-state index is -0.207. The van der Waals surface area contributed by atoms with E-state index in [1.54, 1.807) is 24.3 Å². The predicted octanol–water partition coefficient (Wildman–Crippen LogP) is 3.61. The van der Waals surface area contributed by atoms with Crippen LogP contribution in [0.1, 0.15) is 36.5 Å². The van der Waals surface area contributed by atoms with E-state index in [2.05, 4.69) is 23.6 Å². The van der Waals surface area contributed by atoms with Gasteiger partial charge in [-0.1, -0.05) is 37.5 Å². The molecule has 0 heterocycles. The molecule has 1 rings (SSSR count). The molecule has 0 aliphatic carbocycles. The molecule has 0 aliphatic rings. The molecule has 80 valence electrons. The van der Waals surface area contributed by atoms with Crippen LogP contribution in [0.15, 0.2) is 24.3 Å². The lowest BCUT2D eigenvalue weighted by molar-refractivity contribution is 0.105. The average molecular weight is 211 g/mol. The van der Waals surface area contributed by atoms with Gasteiger partial charge in [0.2, 0.25) is 5.78 Å². The van der Waals surface area contributed by atoms with Crippen LogP contribution in [-0.2, 0) is 0 Å². The molecule has 0 radical (unpaired) electrons. The standard InChI is InChI=1S/C14H13NO/c1-3-4-5-6-10-14(16)12-8-7-9-13(11-12)15-2/h7-9,11H,3-5H2,1H3. The highest BCUT2D eigenvalue weighted by atomic mass is 16.1. The van der Waals surface area contributed by atoms with Crippen molar-refractivity contribution < 1.29 is 4.79 Å². The molecule has 0 atom stereocenters. The summed E-state index contributed by atoms with van der Waals surface area (Å²) in [5, 5.41) is 0. The molecule has 1 aromatic carbocycles. The summed E-state index contributed by atoms with van der Waals surface area (Å²) in [6, 6.07) is 6.64. The third kappa shape index (κ3) is 3.59. The number of carbonyl (C=O) groups excluding carboxylic acids is 1. The third-order valence-corrected chi connectivity index (χ3v) is 2.09. The van der Waals surface area contributed by atoms with Gasteiger partial charge in [0.15, 0.2) is 5.69 Å². The quantitative estimate of drug-likeness (QED) is 0.246. The van der Waals surface area contributed by atoms with Gasteiger partial charge in [-0.25, -0.2) is 4.85 Å². The van der Waals surface area contributed by atoms with Crippen LogP contribution in [-0.4, -0.2) is 5.78 Å². The molecule has 0 aliphatic heterocycles. The fourth-order valence-corrected chi connectivity index (χ4v) is 1.20. The fraction of sp³-hybridized carbons (Fsp3) is 0.286. The van der Waals surface area contributed by atoms with Crippen molar-refractivity contribution in [3.05, 3.63) is 41.2 Å². The van der Waals surface area contributed by atoms with Gasteiger partial charge in [0.25, 0.3) is 0 Å². The van der Waals surface area contributed by atoms with Crippen LogP contribution in [0.4, 0.5) is 5.69 Å². The lowest BCUT2D eigenvalue weighted by Gasteiger charge is -1.94. The Hall–Kier alpha value is -2.06. The molecule has 0 N–H and O–H groups in total. The van der Waals surface area contributed by atoms with E-state index in [4.69, 9.17) is 6.57 Å². The number of rotatable bonds is 3. The molecule has 0 spiro atoms. The molecular formula is C14H13NO. The van der Waals surface area contributed by atoms with Crippen LogP contribution in [0.2, 0.25) is 0 Å². The first kappa shape index (κ1) is 12.0. The summed E-state index contributed by atoms with van der Waals surface area (Å²) in [6.07, 6.45) is 2.85. The number of ketones is 1. The molecule has 0 fully saturated rings. The second kappa shape index (κ2) is 6.43. The Morgan fingerprint density at radius 3 is 3.00 bits per heavy atom. The van der Waals surface area contributed by atoms with Gasteiger partial charge in [0, 0.05) is 12.0 Å². The van der Waals surface area contributed by atoms with Gasteiger partial charge in [-0.15, -0.1) is 0 Å². The largest absolute Gasteiger partial charge is 0.279 e. The Bertz CT molecular complexity index is 471. The Morgan fingerprint density at radius 1 is 1.50 bits per heavy atom. The Labute approximate surface area is 96.1 Å². The average Bonchev–Trinajstić information content (AvgIpc) is 2.34. The molecule has 2 heteroatoms. The molecular weight excluding hydrogens is 198 g/mol. The minimum absolute atomic E-state index is 0.207. The van der Waals surface area contributed by atoms with Crippen LogP contribution in [0.5, 0.6) is 0 Å². The van der Waals surface area contributed by atoms with Crippen LogP contribution in [0.3, 0.4) is 0 Å². The van der Waals surface area contributed by atoms with Gasteiger partial charge in [0.05, 0.1) is 6.57 Å². The van der Waals surface area contributed by atoms with E-state index < -0.39 is 0 Å². The van der Waals surface area contributed by atoms with Crippen LogP contribution in [0, 0.1) is 18.4 Å². The van der Waals surface area contributed by atoms with E-state index in [0.717, 1.165) is 19.3 Å². The summed E-state index contributed by atoms with van der Waals surface area (Å²) >= 11 is 0. The molecule has 0 saturated heterocycles. The molecule has 1 aromatic rings. The van der Waals surface area contributed by atoms with Crippen molar-refractivity contribution in [1.82, 2.24) is 0 Å². The molecule has 16 heavy (non-hydrogen) atoms. The number of nitrogens with zero attached hydrogens (tertiary/aromatic N) is 1. The van der Waals surface area contributed by atoms with Crippen LogP contribution >= 0.6 is 0 Å². The summed E-state index contributed by atoms with van der Waals surface area (Å²) in [6.45, 7) is 8.94. The highest BCUT2D eigenvalue weighted by Gasteiger charge is 2.01. The Balaban J connectivity index is 2.72. The monoisotopic (exact) mass is 211 g/mol. The van der Waals surface area contributed by atoms with Crippen LogP contribution < -0.4 is 0 Å². The Kier molecular flexibility index (Phi) is 4.83. The maximum Gasteiger partial charge on any atom is 0.234 e. The highest BCUT2D eigenvalue weighted by molar-refractivity contribution is 6.09. The summed E-state index contributed by atoms with van der Waals surface area (Å²) in [5.41, 5.74) is 0.971. The molecule has 0 amide bonds. The molecule has 2 nitrogen and oxygen atoms in total. The summed E-state index contributed by atoms with van der Waals surface area (Å²) in [7, 11) is 0. The zero-order valence-electron chi connectivity index (χ0n) is 9.29. The van der Waals surface area contributed by atoms with E-state index in [9.17, 15) is 4.79 Å². The van der Waals surface area contributed by atoms with Crippen molar-refractivity contribution in [2.24, 2.45) is 0 Å². The molecule has 0 bridgehead atoms. The number of unbranched alkanes of at least 4 members (excludes halogenated alkanes) is 2. The van der Waals surface area contributed by atoms with Crippen molar-refractivity contribution in [2.75, 3.05) is 0 Å². The number of carbonyl (C=O) groups is 1. The normalized spacial score (nSPS) is 8.75. The van der Waals surface area contributed by atoms with Crippen molar-refractivity contribution in [3.63, 3.8) is 0 Å². The van der Waals surface area contributed by atoms with Crippen LogP contribution in [0.25, 0.3) is 4.85 Å². The van der Waals surface area contributed by atoms with Gasteiger partial charge >= 0.3 is 0 Å². The third-order valence-electron chi connectivity index (χ3n) is 2.09. The topological polar surface area (TPSA) is 21.4 Å². The number of benzene rings is 1. The Morgan fingerprint density at radius 2 is 2.31 bits per heavy atom. The SMILES string of the molecule is [C-]#[N+]c1cccc(C(=O)C#CCCCC)c1. The maximum absolute atomic E-state index is 11.6. The van der Waals surface area contributed by atoms with Gasteiger partial charge < -0.3 is 0 Å². The number of hydrogen-bond donors (Lipinski definition) is 0. The fourth-order valence-electron chi connectivity index (χ4n) is 1.20. The minimum Gasteiger partial charge on any atom is -0.279 e. The first-order chi connectivity index (χ1) is 7.77. The van der Waals surface area contributed by atoms with Gasteiger partial charge in [-0.05, 0) is 18.4 Å². The second-order valence-electron chi connectivity index (χ2n) is 3.40. The summed E-state index contributed by atoms with van der Waals surface area (Å²) in [4.78, 5) is 14.9. The molecule has 0 saturated carbocycles.